The molecular formula is C7H13ClO2. The summed E-state index contributed by atoms with van der Waals surface area (Å²) < 4.78 is 5.26. The molecule has 2 atom stereocenters. The van der Waals surface area contributed by atoms with Crippen molar-refractivity contribution in [2.75, 3.05) is 6.61 Å². The van der Waals surface area contributed by atoms with Crippen molar-refractivity contribution >= 4 is 11.6 Å². The third-order valence-electron chi connectivity index (χ3n) is 1.77. The summed E-state index contributed by atoms with van der Waals surface area (Å²) in [5.41, 5.74) is 0. The van der Waals surface area contributed by atoms with Gasteiger partial charge in [0, 0.05) is 6.61 Å². The van der Waals surface area contributed by atoms with Crippen LogP contribution in [0, 0.1) is 0 Å². The van der Waals surface area contributed by atoms with Crippen LogP contribution in [0.3, 0.4) is 0 Å². The fourth-order valence-corrected chi connectivity index (χ4v) is 1.33. The average Bonchev–Trinajstić information content (AvgIpc) is 1.88. The van der Waals surface area contributed by atoms with Crippen LogP contribution >= 0.6 is 11.6 Å². The van der Waals surface area contributed by atoms with Gasteiger partial charge in [0.2, 0.25) is 0 Å². The third-order valence-corrected chi connectivity index (χ3v) is 2.01. The monoisotopic (exact) mass is 164 g/mol. The predicted octanol–water partition coefficient (Wildman–Crippen LogP) is 1.50. The maximum absolute atomic E-state index is 9.28. The van der Waals surface area contributed by atoms with Gasteiger partial charge >= 0.3 is 0 Å². The van der Waals surface area contributed by atoms with E-state index in [4.69, 9.17) is 16.3 Å². The fraction of sp³-hybridized carbons (Fsp3) is 1.00. The fourth-order valence-electron chi connectivity index (χ4n) is 1.16. The van der Waals surface area contributed by atoms with E-state index >= 15 is 0 Å². The van der Waals surface area contributed by atoms with Crippen LogP contribution in [0.5, 0.6) is 0 Å². The van der Waals surface area contributed by atoms with Crippen LogP contribution in [0.25, 0.3) is 0 Å². The Hall–Kier alpha value is 0.210. The van der Waals surface area contributed by atoms with E-state index in [0.29, 0.717) is 0 Å². The summed E-state index contributed by atoms with van der Waals surface area (Å²) >= 11 is 5.64. The number of rotatable bonds is 1. The average molecular weight is 165 g/mol. The molecule has 0 bridgehead atoms. The van der Waals surface area contributed by atoms with E-state index in [-0.39, 0.29) is 6.10 Å². The summed E-state index contributed by atoms with van der Waals surface area (Å²) in [4.78, 5) is 0. The van der Waals surface area contributed by atoms with E-state index in [1.54, 1.807) is 6.92 Å². The zero-order valence-corrected chi connectivity index (χ0v) is 6.90. The Balaban J connectivity index is 2.39. The first kappa shape index (κ1) is 8.31. The van der Waals surface area contributed by atoms with E-state index in [1.165, 1.54) is 0 Å². The highest BCUT2D eigenvalue weighted by Crippen LogP contribution is 2.25. The molecule has 60 valence electrons. The van der Waals surface area contributed by atoms with Crippen molar-refractivity contribution in [1.29, 1.82) is 0 Å². The third kappa shape index (κ3) is 2.11. The number of hydrogen-bond donors (Lipinski definition) is 1. The van der Waals surface area contributed by atoms with Crippen molar-refractivity contribution in [3.8, 4) is 0 Å². The smallest absolute Gasteiger partial charge is 0.161 e. The predicted molar refractivity (Wildman–Crippen MR) is 40.1 cm³/mol. The van der Waals surface area contributed by atoms with Gasteiger partial charge in [0.1, 0.15) is 0 Å². The van der Waals surface area contributed by atoms with Crippen molar-refractivity contribution < 1.29 is 9.84 Å². The zero-order chi connectivity index (χ0) is 7.61. The second kappa shape index (κ2) is 3.07. The van der Waals surface area contributed by atoms with Crippen molar-refractivity contribution in [2.45, 2.75) is 37.4 Å². The number of alkyl halides is 1. The van der Waals surface area contributed by atoms with E-state index in [9.17, 15) is 5.11 Å². The van der Waals surface area contributed by atoms with Gasteiger partial charge in [-0.15, -0.1) is 0 Å². The summed E-state index contributed by atoms with van der Waals surface area (Å²) in [6, 6.07) is 0. The molecule has 0 aromatic carbocycles. The molecule has 1 heterocycles. The van der Waals surface area contributed by atoms with Gasteiger partial charge in [-0.05, 0) is 26.2 Å². The summed E-state index contributed by atoms with van der Waals surface area (Å²) in [5, 5.41) is 8.10. The molecule has 2 unspecified atom stereocenters. The first-order valence-corrected chi connectivity index (χ1v) is 4.01. The highest BCUT2D eigenvalue weighted by atomic mass is 35.5. The lowest BCUT2D eigenvalue weighted by molar-refractivity contribution is -0.0750. The Labute approximate surface area is 66.1 Å². The molecule has 0 spiro atoms. The van der Waals surface area contributed by atoms with Crippen molar-refractivity contribution in [2.24, 2.45) is 0 Å². The summed E-state index contributed by atoms with van der Waals surface area (Å²) in [7, 11) is 0. The van der Waals surface area contributed by atoms with Crippen LogP contribution < -0.4 is 0 Å². The van der Waals surface area contributed by atoms with Crippen LogP contribution in [0.4, 0.5) is 0 Å². The van der Waals surface area contributed by atoms with Crippen LogP contribution in [0.1, 0.15) is 26.2 Å². The van der Waals surface area contributed by atoms with Gasteiger partial charge in [-0.3, -0.25) is 0 Å². The lowest BCUT2D eigenvalue weighted by Crippen LogP contribution is -2.38. The summed E-state index contributed by atoms with van der Waals surface area (Å²) in [5.74, 6) is 0. The molecule has 2 nitrogen and oxygen atoms in total. The molecule has 3 heteroatoms. The molecule has 10 heavy (non-hydrogen) atoms. The molecule has 1 aliphatic heterocycles. The molecule has 0 radical (unpaired) electrons. The minimum Gasteiger partial charge on any atom is -0.374 e. The molecule has 1 rings (SSSR count). The standard InChI is InChI=1S/C7H13ClO2/c1-7(8,9)6-4-2-3-5-10-6/h6,9H,2-5H2,1H3. The molecule has 1 N–H and O–H groups in total. The van der Waals surface area contributed by atoms with Gasteiger partial charge in [0.25, 0.3) is 0 Å². The first-order valence-electron chi connectivity index (χ1n) is 3.63. The Morgan fingerprint density at radius 1 is 1.60 bits per heavy atom. The van der Waals surface area contributed by atoms with Crippen molar-refractivity contribution in [3.63, 3.8) is 0 Å². The maximum Gasteiger partial charge on any atom is 0.161 e. The van der Waals surface area contributed by atoms with E-state index < -0.39 is 5.06 Å². The summed E-state index contributed by atoms with van der Waals surface area (Å²) in [6.45, 7) is 2.30. The second-order valence-corrected chi connectivity index (χ2v) is 3.64. The molecule has 0 aromatic rings. The van der Waals surface area contributed by atoms with Gasteiger partial charge in [-0.25, -0.2) is 0 Å². The Kier molecular flexibility index (Phi) is 2.55. The Bertz CT molecular complexity index is 103. The van der Waals surface area contributed by atoms with Crippen molar-refractivity contribution in [1.82, 2.24) is 0 Å². The topological polar surface area (TPSA) is 29.5 Å². The van der Waals surface area contributed by atoms with Gasteiger partial charge in [0.05, 0.1) is 6.10 Å². The highest BCUT2D eigenvalue weighted by Gasteiger charge is 2.31. The minimum absolute atomic E-state index is 0.178. The second-order valence-electron chi connectivity index (χ2n) is 2.88. The van der Waals surface area contributed by atoms with Gasteiger partial charge < -0.3 is 9.84 Å². The number of halogens is 1. The minimum atomic E-state index is -1.18. The lowest BCUT2D eigenvalue weighted by Gasteiger charge is -2.30. The SMILES string of the molecule is CC(O)(Cl)C1CCCCO1. The van der Waals surface area contributed by atoms with E-state index in [1.807, 2.05) is 0 Å². The number of aliphatic hydroxyl groups is 1. The Morgan fingerprint density at radius 3 is 2.60 bits per heavy atom. The van der Waals surface area contributed by atoms with Gasteiger partial charge in [0.15, 0.2) is 5.06 Å². The lowest BCUT2D eigenvalue weighted by atomic mass is 10.1. The number of ether oxygens (including phenoxy) is 1. The molecule has 0 amide bonds. The van der Waals surface area contributed by atoms with Gasteiger partial charge in [-0.1, -0.05) is 11.6 Å². The van der Waals surface area contributed by atoms with Gasteiger partial charge in [-0.2, -0.15) is 0 Å². The molecule has 0 saturated carbocycles. The molecule has 1 fully saturated rings. The normalized spacial score (nSPS) is 33.3. The molecule has 1 aliphatic rings. The largest absolute Gasteiger partial charge is 0.374 e. The molecular weight excluding hydrogens is 152 g/mol. The van der Waals surface area contributed by atoms with Crippen LogP contribution in [0.15, 0.2) is 0 Å². The highest BCUT2D eigenvalue weighted by molar-refractivity contribution is 6.22. The van der Waals surface area contributed by atoms with Crippen LogP contribution in [-0.4, -0.2) is 22.9 Å². The summed E-state index contributed by atoms with van der Waals surface area (Å²) in [6.07, 6.45) is 2.89. The Morgan fingerprint density at radius 2 is 2.30 bits per heavy atom. The molecule has 0 aliphatic carbocycles. The number of hydrogen-bond acceptors (Lipinski definition) is 2. The molecule has 0 aromatic heterocycles. The van der Waals surface area contributed by atoms with Crippen LogP contribution in [-0.2, 0) is 4.74 Å². The van der Waals surface area contributed by atoms with E-state index in [0.717, 1.165) is 25.9 Å². The molecule has 1 saturated heterocycles. The van der Waals surface area contributed by atoms with Crippen molar-refractivity contribution in [3.05, 3.63) is 0 Å². The zero-order valence-electron chi connectivity index (χ0n) is 6.14. The van der Waals surface area contributed by atoms with E-state index in [2.05, 4.69) is 0 Å². The quantitative estimate of drug-likeness (QED) is 0.596. The maximum atomic E-state index is 9.28. The first-order chi connectivity index (χ1) is 4.61. The van der Waals surface area contributed by atoms with Crippen LogP contribution in [0.2, 0.25) is 0 Å².